The summed E-state index contributed by atoms with van der Waals surface area (Å²) in [5.41, 5.74) is 0.176. The lowest BCUT2D eigenvalue weighted by atomic mass is 9.81. The summed E-state index contributed by atoms with van der Waals surface area (Å²) in [5, 5.41) is 0. The van der Waals surface area contributed by atoms with Gasteiger partial charge in [0.15, 0.2) is 0 Å². The first-order valence-corrected chi connectivity index (χ1v) is 5.40. The number of nitrogens with zero attached hydrogens (tertiary/aromatic N) is 2. The van der Waals surface area contributed by atoms with Gasteiger partial charge in [0, 0.05) is 0 Å². The molecule has 0 spiro atoms. The minimum absolute atomic E-state index is 0.176. The molecule has 0 aliphatic heterocycles. The molecular weight excluding hydrogens is 192 g/mol. The Hall–Kier alpha value is -1.24. The largest absolute Gasteiger partial charge is 0.234 e. The van der Waals surface area contributed by atoms with Gasteiger partial charge in [0.05, 0.1) is 13.1 Å². The molecule has 1 aliphatic carbocycles. The van der Waals surface area contributed by atoms with Crippen molar-refractivity contribution >= 4 is 12.2 Å². The van der Waals surface area contributed by atoms with E-state index in [9.17, 15) is 9.59 Å². The summed E-state index contributed by atoms with van der Waals surface area (Å²) < 4.78 is 0. The molecule has 82 valence electrons. The van der Waals surface area contributed by atoms with E-state index in [4.69, 9.17) is 0 Å². The van der Waals surface area contributed by atoms with E-state index in [1.54, 1.807) is 6.08 Å². The summed E-state index contributed by atoms with van der Waals surface area (Å²) in [7, 11) is 0. The van der Waals surface area contributed by atoms with Crippen molar-refractivity contribution in [2.24, 2.45) is 15.4 Å². The molecule has 0 N–H and O–H groups in total. The van der Waals surface area contributed by atoms with Crippen LogP contribution in [0.3, 0.4) is 0 Å². The Bertz CT molecular complexity index is 283. The Morgan fingerprint density at radius 3 is 2.33 bits per heavy atom. The van der Waals surface area contributed by atoms with Crippen molar-refractivity contribution in [2.45, 2.75) is 38.5 Å². The quantitative estimate of drug-likeness (QED) is 0.381. The van der Waals surface area contributed by atoms with Crippen LogP contribution in [0.5, 0.6) is 0 Å². The van der Waals surface area contributed by atoms with Crippen LogP contribution in [0.15, 0.2) is 9.98 Å². The van der Waals surface area contributed by atoms with Crippen LogP contribution >= 0.6 is 0 Å². The fraction of sp³-hybridized carbons (Fsp3) is 0.818. The molecule has 0 radical (unpaired) electrons. The molecule has 0 amide bonds. The molecule has 0 unspecified atom stereocenters. The SMILES string of the molecule is O=C=NCCCC1(CN=C=O)CCCC1. The number of hydrogen-bond donors (Lipinski definition) is 0. The molecular formula is C11H16N2O2. The molecule has 15 heavy (non-hydrogen) atoms. The lowest BCUT2D eigenvalue weighted by Crippen LogP contribution is -2.20. The number of carbonyl (C=O) groups excluding carboxylic acids is 2. The molecule has 0 aromatic rings. The van der Waals surface area contributed by atoms with Gasteiger partial charge in [-0.25, -0.2) is 19.6 Å². The third-order valence-corrected chi connectivity index (χ3v) is 3.18. The lowest BCUT2D eigenvalue weighted by molar-refractivity contribution is 0.278. The van der Waals surface area contributed by atoms with Crippen LogP contribution in [-0.2, 0) is 9.59 Å². The fourth-order valence-electron chi connectivity index (χ4n) is 2.39. The second-order valence-electron chi connectivity index (χ2n) is 4.19. The zero-order valence-electron chi connectivity index (χ0n) is 8.87. The van der Waals surface area contributed by atoms with Gasteiger partial charge in [-0.1, -0.05) is 12.8 Å². The number of hydrogen-bond acceptors (Lipinski definition) is 4. The van der Waals surface area contributed by atoms with Gasteiger partial charge in [-0.2, -0.15) is 0 Å². The van der Waals surface area contributed by atoms with Crippen molar-refractivity contribution in [3.05, 3.63) is 0 Å². The highest BCUT2D eigenvalue weighted by molar-refractivity contribution is 5.33. The summed E-state index contributed by atoms with van der Waals surface area (Å²) in [6.45, 7) is 1.12. The summed E-state index contributed by atoms with van der Waals surface area (Å²) in [6.07, 6.45) is 9.70. The predicted molar refractivity (Wildman–Crippen MR) is 56.1 cm³/mol. The summed E-state index contributed by atoms with van der Waals surface area (Å²) in [5.74, 6) is 0. The van der Waals surface area contributed by atoms with Gasteiger partial charge in [0.2, 0.25) is 12.2 Å². The van der Waals surface area contributed by atoms with Crippen LogP contribution in [0.1, 0.15) is 38.5 Å². The highest BCUT2D eigenvalue weighted by Crippen LogP contribution is 2.42. The molecule has 1 aliphatic rings. The standard InChI is InChI=1S/C11H16N2O2/c14-9-12-7-3-6-11(8-13-10-15)4-1-2-5-11/h1-8H2. The Morgan fingerprint density at radius 2 is 1.73 bits per heavy atom. The summed E-state index contributed by atoms with van der Waals surface area (Å²) in [4.78, 5) is 27.3. The van der Waals surface area contributed by atoms with Crippen LogP contribution in [0, 0.1) is 5.41 Å². The molecule has 0 bridgehead atoms. The van der Waals surface area contributed by atoms with E-state index in [2.05, 4.69) is 9.98 Å². The summed E-state index contributed by atoms with van der Waals surface area (Å²) in [6, 6.07) is 0. The third-order valence-electron chi connectivity index (χ3n) is 3.18. The zero-order valence-corrected chi connectivity index (χ0v) is 8.87. The number of isocyanates is 2. The highest BCUT2D eigenvalue weighted by Gasteiger charge is 2.32. The van der Waals surface area contributed by atoms with Gasteiger partial charge in [0.25, 0.3) is 0 Å². The molecule has 0 atom stereocenters. The highest BCUT2D eigenvalue weighted by atomic mass is 16.1. The molecule has 0 aromatic carbocycles. The molecule has 4 heteroatoms. The van der Waals surface area contributed by atoms with Crippen LogP contribution in [-0.4, -0.2) is 25.2 Å². The first-order chi connectivity index (χ1) is 7.33. The van der Waals surface area contributed by atoms with Gasteiger partial charge in [0.1, 0.15) is 0 Å². The van der Waals surface area contributed by atoms with Crippen molar-refractivity contribution in [1.82, 2.24) is 0 Å². The minimum atomic E-state index is 0.176. The topological polar surface area (TPSA) is 58.9 Å². The number of aliphatic imine (C=N–C) groups is 2. The van der Waals surface area contributed by atoms with Gasteiger partial charge in [-0.15, -0.1) is 0 Å². The van der Waals surface area contributed by atoms with Crippen molar-refractivity contribution in [3.63, 3.8) is 0 Å². The second kappa shape index (κ2) is 6.28. The van der Waals surface area contributed by atoms with E-state index >= 15 is 0 Å². The van der Waals surface area contributed by atoms with E-state index in [1.165, 1.54) is 18.9 Å². The maximum absolute atomic E-state index is 10.1. The van der Waals surface area contributed by atoms with Crippen LogP contribution < -0.4 is 0 Å². The molecule has 0 heterocycles. The van der Waals surface area contributed by atoms with Crippen LogP contribution in [0.25, 0.3) is 0 Å². The molecule has 1 fully saturated rings. The molecule has 0 saturated heterocycles. The molecule has 0 aromatic heterocycles. The first-order valence-electron chi connectivity index (χ1n) is 5.40. The van der Waals surface area contributed by atoms with Gasteiger partial charge < -0.3 is 0 Å². The Kier molecular flexibility index (Phi) is 4.96. The maximum atomic E-state index is 10.1. The van der Waals surface area contributed by atoms with Gasteiger partial charge in [-0.05, 0) is 31.1 Å². The Morgan fingerprint density at radius 1 is 1.07 bits per heavy atom. The van der Waals surface area contributed by atoms with Crippen LogP contribution in [0.2, 0.25) is 0 Å². The van der Waals surface area contributed by atoms with Crippen molar-refractivity contribution in [3.8, 4) is 0 Å². The zero-order chi connectivity index (χ0) is 11.0. The van der Waals surface area contributed by atoms with Gasteiger partial charge in [-0.3, -0.25) is 0 Å². The lowest BCUT2D eigenvalue weighted by Gasteiger charge is -2.25. The Labute approximate surface area is 89.5 Å². The van der Waals surface area contributed by atoms with Crippen molar-refractivity contribution in [2.75, 3.05) is 13.1 Å². The normalized spacial score (nSPS) is 17.9. The van der Waals surface area contributed by atoms with E-state index in [0.29, 0.717) is 13.1 Å². The van der Waals surface area contributed by atoms with Gasteiger partial charge >= 0.3 is 0 Å². The molecule has 4 nitrogen and oxygen atoms in total. The maximum Gasteiger partial charge on any atom is 0.234 e. The average molecular weight is 208 g/mol. The molecule has 1 rings (SSSR count). The average Bonchev–Trinajstić information content (AvgIpc) is 2.71. The fourth-order valence-corrected chi connectivity index (χ4v) is 2.39. The molecule has 1 saturated carbocycles. The minimum Gasteiger partial charge on any atom is -0.211 e. The Balaban J connectivity index is 2.41. The summed E-state index contributed by atoms with van der Waals surface area (Å²) >= 11 is 0. The van der Waals surface area contributed by atoms with Crippen LogP contribution in [0.4, 0.5) is 0 Å². The smallest absolute Gasteiger partial charge is 0.211 e. The third kappa shape index (κ3) is 3.78. The second-order valence-corrected chi connectivity index (χ2v) is 4.19. The van der Waals surface area contributed by atoms with E-state index < -0.39 is 0 Å². The van der Waals surface area contributed by atoms with E-state index in [1.807, 2.05) is 0 Å². The predicted octanol–water partition coefficient (Wildman–Crippen LogP) is 2.00. The first kappa shape index (κ1) is 11.8. The van der Waals surface area contributed by atoms with E-state index in [-0.39, 0.29) is 5.41 Å². The van der Waals surface area contributed by atoms with Crippen molar-refractivity contribution < 1.29 is 9.59 Å². The van der Waals surface area contributed by atoms with E-state index in [0.717, 1.165) is 25.7 Å². The monoisotopic (exact) mass is 208 g/mol. The number of rotatable bonds is 6. The van der Waals surface area contributed by atoms with Crippen molar-refractivity contribution in [1.29, 1.82) is 0 Å².